The summed E-state index contributed by atoms with van der Waals surface area (Å²) >= 11 is 0. The van der Waals surface area contributed by atoms with Crippen molar-refractivity contribution in [3.63, 3.8) is 0 Å². The van der Waals surface area contributed by atoms with Crippen LogP contribution in [0.4, 0.5) is 14.5 Å². The monoisotopic (exact) mass is 927 g/mol. The molecule has 2 aromatic carbocycles. The standard InChI is InChI=1S/C50H55F2N3O12/c1-26(5-11-37(58)27(2)53-42(62)16-18-55-43(63)13-14-44(55)64)45(65)54-36-20-29(8-12-38(36)59)19-28-6-9-30(10-7-28)46-66-41-23-32-33-22-35(51)34-21-31(57)15-17-47(34,3)49(33,52)39(60)24-48(32,4)50(41,67-46)40(61)25-56/h6-10,12-15,17,20-21,26-27,32-33,35,39,41,46,56,59-60H,5,11,16,18-19,22-25H2,1-4H3,(H,53,62)(H,54,65)/t26-,27+,32+,33+,35+,39+,41-,46-,47+,48+,49+,50-/m1/s1. The van der Waals surface area contributed by atoms with E-state index in [0.29, 0.717) is 12.0 Å². The molecule has 67 heavy (non-hydrogen) atoms. The molecule has 12 atom stereocenters. The van der Waals surface area contributed by atoms with Crippen LogP contribution < -0.4 is 10.6 Å². The molecule has 17 heteroatoms. The maximum absolute atomic E-state index is 17.8. The Bertz CT molecular complexity index is 2490. The van der Waals surface area contributed by atoms with Gasteiger partial charge in [0.15, 0.2) is 34.9 Å². The number of ether oxygens (including phenoxy) is 2. The number of aromatic hydroxyl groups is 1. The first-order valence-electron chi connectivity index (χ1n) is 22.7. The third-order valence-corrected chi connectivity index (χ3v) is 15.5. The van der Waals surface area contributed by atoms with Crippen LogP contribution in [0.15, 0.2) is 78.4 Å². The number of alkyl halides is 2. The van der Waals surface area contributed by atoms with E-state index in [2.05, 4.69) is 10.6 Å². The van der Waals surface area contributed by atoms with Crippen molar-refractivity contribution in [1.82, 2.24) is 10.2 Å². The summed E-state index contributed by atoms with van der Waals surface area (Å²) in [6.07, 6.45) is 0.454. The Balaban J connectivity index is 0.881. The Labute approximate surface area is 385 Å². The van der Waals surface area contributed by atoms with Crippen molar-refractivity contribution in [2.75, 3.05) is 18.5 Å². The summed E-state index contributed by atoms with van der Waals surface area (Å²) < 4.78 is 46.8. The van der Waals surface area contributed by atoms with Crippen molar-refractivity contribution in [3.8, 4) is 5.75 Å². The zero-order valence-electron chi connectivity index (χ0n) is 37.6. The number of hydrogen-bond donors (Lipinski definition) is 5. The van der Waals surface area contributed by atoms with E-state index in [1.54, 1.807) is 38.1 Å². The molecule has 3 saturated carbocycles. The summed E-state index contributed by atoms with van der Waals surface area (Å²) in [5.74, 6) is -5.98. The summed E-state index contributed by atoms with van der Waals surface area (Å²) in [6, 6.07) is 11.1. The maximum Gasteiger partial charge on any atom is 0.253 e. The van der Waals surface area contributed by atoms with Crippen LogP contribution in [0, 0.1) is 28.6 Å². The molecular formula is C50H55F2N3O12. The molecular weight excluding hydrogens is 873 g/mol. The van der Waals surface area contributed by atoms with Crippen molar-refractivity contribution >= 4 is 46.7 Å². The van der Waals surface area contributed by atoms with Crippen molar-refractivity contribution < 1.29 is 67.1 Å². The highest BCUT2D eigenvalue weighted by Crippen LogP contribution is 2.72. The number of carbonyl (C=O) groups excluding carboxylic acids is 7. The number of imide groups is 1. The highest BCUT2D eigenvalue weighted by molar-refractivity contribution is 6.13. The first-order chi connectivity index (χ1) is 31.7. The molecule has 0 bridgehead atoms. The van der Waals surface area contributed by atoms with E-state index in [1.807, 2.05) is 12.1 Å². The number of carbonyl (C=O) groups is 7. The molecule has 0 radical (unpaired) electrons. The van der Waals surface area contributed by atoms with E-state index in [1.165, 1.54) is 32.1 Å². The Morgan fingerprint density at radius 3 is 2.31 bits per heavy atom. The van der Waals surface area contributed by atoms with Gasteiger partial charge in [-0.15, -0.1) is 0 Å². The van der Waals surface area contributed by atoms with E-state index >= 15 is 8.78 Å². The molecule has 0 unspecified atom stereocenters. The molecule has 4 fully saturated rings. The van der Waals surface area contributed by atoms with Crippen LogP contribution in [0.1, 0.15) is 89.2 Å². The molecule has 8 rings (SSSR count). The highest BCUT2D eigenvalue weighted by Gasteiger charge is 2.80. The van der Waals surface area contributed by atoms with Gasteiger partial charge in [-0.25, -0.2) is 8.78 Å². The van der Waals surface area contributed by atoms with Gasteiger partial charge in [-0.1, -0.05) is 50.3 Å². The summed E-state index contributed by atoms with van der Waals surface area (Å²) in [6.45, 7) is 5.35. The highest BCUT2D eigenvalue weighted by atomic mass is 19.1. The van der Waals surface area contributed by atoms with Crippen LogP contribution in [0.3, 0.4) is 0 Å². The number of aliphatic hydroxyl groups is 2. The van der Waals surface area contributed by atoms with Gasteiger partial charge in [0.2, 0.25) is 11.8 Å². The smallest absolute Gasteiger partial charge is 0.253 e. The number of benzene rings is 2. The van der Waals surface area contributed by atoms with Crippen LogP contribution in [0.2, 0.25) is 0 Å². The van der Waals surface area contributed by atoms with Gasteiger partial charge >= 0.3 is 0 Å². The minimum absolute atomic E-state index is 0.00915. The van der Waals surface area contributed by atoms with Crippen LogP contribution in [-0.4, -0.2) is 110 Å². The Morgan fingerprint density at radius 2 is 1.63 bits per heavy atom. The summed E-state index contributed by atoms with van der Waals surface area (Å²) in [5, 5.41) is 38.0. The second-order valence-electron chi connectivity index (χ2n) is 19.4. The maximum atomic E-state index is 17.8. The lowest BCUT2D eigenvalue weighted by Crippen LogP contribution is -2.70. The van der Waals surface area contributed by atoms with Crippen LogP contribution in [0.25, 0.3) is 0 Å². The van der Waals surface area contributed by atoms with Gasteiger partial charge in [-0.3, -0.25) is 38.5 Å². The minimum atomic E-state index is -2.37. The van der Waals surface area contributed by atoms with E-state index in [4.69, 9.17) is 9.47 Å². The Kier molecular flexibility index (Phi) is 12.6. The fourth-order valence-electron chi connectivity index (χ4n) is 11.8. The number of ketones is 3. The predicted octanol–water partition coefficient (Wildman–Crippen LogP) is 4.37. The van der Waals surface area contributed by atoms with Crippen LogP contribution >= 0.6 is 0 Å². The second kappa shape index (κ2) is 17.7. The average molecular weight is 928 g/mol. The molecule has 6 aliphatic rings. The van der Waals surface area contributed by atoms with Gasteiger partial charge in [-0.05, 0) is 92.9 Å². The summed E-state index contributed by atoms with van der Waals surface area (Å²) in [4.78, 5) is 88.8. The molecule has 356 valence electrons. The van der Waals surface area contributed by atoms with E-state index < -0.39 is 112 Å². The van der Waals surface area contributed by atoms with E-state index in [-0.39, 0.29) is 67.9 Å². The topological polar surface area (TPSA) is 226 Å². The summed E-state index contributed by atoms with van der Waals surface area (Å²) in [7, 11) is 0. The second-order valence-corrected chi connectivity index (χ2v) is 19.4. The largest absolute Gasteiger partial charge is 0.506 e. The van der Waals surface area contributed by atoms with Gasteiger partial charge in [0.05, 0.1) is 23.9 Å². The molecule has 15 nitrogen and oxygen atoms in total. The lowest BCUT2D eigenvalue weighted by molar-refractivity contribution is -0.235. The fraction of sp³-hybridized carbons (Fsp3) is 0.500. The zero-order valence-corrected chi connectivity index (χ0v) is 37.6. The minimum Gasteiger partial charge on any atom is -0.506 e. The first-order valence-corrected chi connectivity index (χ1v) is 22.7. The first kappa shape index (κ1) is 47.7. The van der Waals surface area contributed by atoms with E-state index in [9.17, 15) is 48.9 Å². The predicted molar refractivity (Wildman–Crippen MR) is 235 cm³/mol. The number of allylic oxidation sites excluding steroid dienone is 4. The third kappa shape index (κ3) is 7.96. The van der Waals surface area contributed by atoms with Gasteiger partial charge in [-0.2, -0.15) is 0 Å². The van der Waals surface area contributed by atoms with Crippen molar-refractivity contribution in [2.24, 2.45) is 28.6 Å². The summed E-state index contributed by atoms with van der Waals surface area (Å²) in [5.41, 5.74) is -4.75. The fourth-order valence-corrected chi connectivity index (χ4v) is 11.8. The lowest BCUT2D eigenvalue weighted by Gasteiger charge is -2.63. The molecule has 5 N–H and O–H groups in total. The number of rotatable bonds is 15. The lowest BCUT2D eigenvalue weighted by atomic mass is 9.44. The molecule has 2 aromatic rings. The molecule has 4 amide bonds. The number of phenolic OH excluding ortho intramolecular Hbond substituents is 1. The molecule has 2 heterocycles. The quantitative estimate of drug-likeness (QED) is 0.124. The van der Waals surface area contributed by atoms with Crippen molar-refractivity contribution in [1.29, 1.82) is 0 Å². The molecule has 1 saturated heterocycles. The number of aliphatic hydroxyl groups excluding tert-OH is 2. The molecule has 0 aromatic heterocycles. The number of anilines is 1. The third-order valence-electron chi connectivity index (χ3n) is 15.5. The van der Waals surface area contributed by atoms with Crippen LogP contribution in [0.5, 0.6) is 5.75 Å². The normalized spacial score (nSPS) is 33.6. The van der Waals surface area contributed by atoms with Gasteiger partial charge in [0.25, 0.3) is 11.8 Å². The molecule has 4 aliphatic carbocycles. The van der Waals surface area contributed by atoms with Gasteiger partial charge in [0, 0.05) is 59.8 Å². The van der Waals surface area contributed by atoms with Crippen LogP contribution in [-0.2, 0) is 49.5 Å². The van der Waals surface area contributed by atoms with Crippen molar-refractivity contribution in [3.05, 3.63) is 95.1 Å². The zero-order chi connectivity index (χ0) is 48.4. The van der Waals surface area contributed by atoms with Crippen molar-refractivity contribution in [2.45, 2.75) is 115 Å². The van der Waals surface area contributed by atoms with E-state index in [0.717, 1.165) is 34.3 Å². The van der Waals surface area contributed by atoms with Gasteiger partial charge < -0.3 is 35.4 Å². The number of nitrogens with zero attached hydrogens (tertiary/aromatic N) is 1. The Hall–Kier alpha value is -5.75. The number of Topliss-reactive ketones (excluding diaryl/α,β-unsaturated/α-hetero) is 2. The van der Waals surface area contributed by atoms with Gasteiger partial charge in [0.1, 0.15) is 18.5 Å². The number of hydrogen-bond acceptors (Lipinski definition) is 12. The molecule has 0 spiro atoms. The number of nitrogens with one attached hydrogen (secondary N) is 2. The number of amides is 4. The number of fused-ring (bicyclic) bond motifs is 7. The SMILES string of the molecule is C[C@H](CCC(=O)[C@H](C)NC(=O)CCN1C(=O)C=CC1=O)C(=O)Nc1cc(Cc2ccc([C@@H]3O[C@@H]4C[C@H]5[C@@H]6C[C@H](F)C7=CC(=O)C=C[C@]7(C)[C@@]6(F)[C@@H](O)C[C@]5(C)[C@]4(C(=O)CO)O3)cc2)ccc1O. The number of phenols is 1. The Morgan fingerprint density at radius 1 is 0.940 bits per heavy atom. The molecule has 2 aliphatic heterocycles. The number of halogens is 2. The average Bonchev–Trinajstić information content (AvgIpc) is 3.92.